The number of amides is 1. The van der Waals surface area contributed by atoms with Gasteiger partial charge < -0.3 is 20.3 Å². The van der Waals surface area contributed by atoms with Gasteiger partial charge in [0.2, 0.25) is 5.91 Å². The molecule has 2 rings (SSSR count). The number of hydrogen-bond donors (Lipinski definition) is 2. The number of nitrogens with zero attached hydrogens (tertiary/aromatic N) is 1. The predicted octanol–water partition coefficient (Wildman–Crippen LogP) is 1.46. The molecule has 0 aliphatic carbocycles. The van der Waals surface area contributed by atoms with Crippen LogP contribution in [0.4, 0.5) is 11.4 Å². The van der Waals surface area contributed by atoms with Gasteiger partial charge in [0, 0.05) is 26.2 Å². The minimum absolute atomic E-state index is 0.0336. The molecule has 110 valence electrons. The third-order valence-electron chi connectivity index (χ3n) is 3.32. The van der Waals surface area contributed by atoms with Gasteiger partial charge >= 0.3 is 0 Å². The molecule has 0 saturated carbocycles. The highest BCUT2D eigenvalue weighted by atomic mass is 16.5. The number of carbonyl (C=O) groups is 1. The standard InChI is InChI=1S/C15H23N3O2/c1-12(11-20-2)17-15(19)10-18-9-5-8-16-13-6-3-4-7-14(13)18/h3-4,6-7,12,16H,5,8-11H2,1-2H3,(H,17,19). The third-order valence-corrected chi connectivity index (χ3v) is 3.32. The van der Waals surface area contributed by atoms with E-state index < -0.39 is 0 Å². The molecular weight excluding hydrogens is 254 g/mol. The number of ether oxygens (including phenoxy) is 1. The van der Waals surface area contributed by atoms with Crippen LogP contribution >= 0.6 is 0 Å². The molecule has 1 atom stereocenters. The Balaban J connectivity index is 2.00. The van der Waals surface area contributed by atoms with Gasteiger partial charge in [0.25, 0.3) is 0 Å². The van der Waals surface area contributed by atoms with Crippen LogP contribution in [0.15, 0.2) is 24.3 Å². The van der Waals surface area contributed by atoms with E-state index in [0.717, 1.165) is 30.9 Å². The highest BCUT2D eigenvalue weighted by Crippen LogP contribution is 2.27. The van der Waals surface area contributed by atoms with Crippen molar-refractivity contribution in [1.82, 2.24) is 5.32 Å². The average Bonchev–Trinajstić information content (AvgIpc) is 2.62. The quantitative estimate of drug-likeness (QED) is 0.855. The Morgan fingerprint density at radius 1 is 1.50 bits per heavy atom. The van der Waals surface area contributed by atoms with Crippen LogP contribution in [-0.4, -0.2) is 45.3 Å². The summed E-state index contributed by atoms with van der Waals surface area (Å²) in [4.78, 5) is 14.2. The number of nitrogens with one attached hydrogen (secondary N) is 2. The maximum Gasteiger partial charge on any atom is 0.239 e. The van der Waals surface area contributed by atoms with E-state index in [4.69, 9.17) is 4.74 Å². The molecule has 2 N–H and O–H groups in total. The molecule has 0 aromatic heterocycles. The molecule has 0 bridgehead atoms. The van der Waals surface area contributed by atoms with Crippen LogP contribution in [0.2, 0.25) is 0 Å². The van der Waals surface area contributed by atoms with Crippen LogP contribution in [0.25, 0.3) is 0 Å². The zero-order valence-electron chi connectivity index (χ0n) is 12.2. The van der Waals surface area contributed by atoms with Gasteiger partial charge in [-0.2, -0.15) is 0 Å². The molecule has 5 nitrogen and oxygen atoms in total. The average molecular weight is 277 g/mol. The molecule has 0 spiro atoms. The van der Waals surface area contributed by atoms with Crippen molar-refractivity contribution in [2.24, 2.45) is 0 Å². The lowest BCUT2D eigenvalue weighted by Crippen LogP contribution is -2.42. The van der Waals surface area contributed by atoms with Crippen LogP contribution in [-0.2, 0) is 9.53 Å². The molecule has 0 radical (unpaired) electrons. The van der Waals surface area contributed by atoms with Crippen LogP contribution < -0.4 is 15.5 Å². The predicted molar refractivity (Wildman–Crippen MR) is 81.2 cm³/mol. The summed E-state index contributed by atoms with van der Waals surface area (Å²) in [6, 6.07) is 8.16. The normalized spacial score (nSPS) is 15.8. The summed E-state index contributed by atoms with van der Waals surface area (Å²) in [6.45, 7) is 4.68. The summed E-state index contributed by atoms with van der Waals surface area (Å²) >= 11 is 0. The smallest absolute Gasteiger partial charge is 0.239 e. The number of carbonyl (C=O) groups excluding carboxylic acids is 1. The zero-order valence-corrected chi connectivity index (χ0v) is 12.2. The van der Waals surface area contributed by atoms with Gasteiger partial charge in [0.1, 0.15) is 0 Å². The molecule has 1 heterocycles. The molecule has 1 aliphatic heterocycles. The maximum atomic E-state index is 12.1. The van der Waals surface area contributed by atoms with Gasteiger partial charge in [-0.05, 0) is 25.5 Å². The Bertz CT molecular complexity index is 450. The number of anilines is 2. The lowest BCUT2D eigenvalue weighted by molar-refractivity contribution is -0.120. The van der Waals surface area contributed by atoms with E-state index in [-0.39, 0.29) is 11.9 Å². The van der Waals surface area contributed by atoms with Gasteiger partial charge in [-0.25, -0.2) is 0 Å². The van der Waals surface area contributed by atoms with Crippen molar-refractivity contribution in [2.75, 3.05) is 43.6 Å². The monoisotopic (exact) mass is 277 g/mol. The first-order valence-electron chi connectivity index (χ1n) is 7.07. The molecule has 0 saturated heterocycles. The molecule has 5 heteroatoms. The van der Waals surface area contributed by atoms with Crippen LogP contribution in [0.5, 0.6) is 0 Å². The summed E-state index contributed by atoms with van der Waals surface area (Å²) in [5, 5.41) is 6.35. The molecule has 1 aromatic carbocycles. The third kappa shape index (κ3) is 3.87. The van der Waals surface area contributed by atoms with Crippen molar-refractivity contribution in [1.29, 1.82) is 0 Å². The molecule has 0 fully saturated rings. The first kappa shape index (κ1) is 14.7. The summed E-state index contributed by atoms with van der Waals surface area (Å²) in [6.07, 6.45) is 1.02. The minimum atomic E-state index is 0.0336. The Morgan fingerprint density at radius 2 is 2.30 bits per heavy atom. The highest BCUT2D eigenvalue weighted by Gasteiger charge is 2.17. The minimum Gasteiger partial charge on any atom is -0.383 e. The van der Waals surface area contributed by atoms with Crippen molar-refractivity contribution in [2.45, 2.75) is 19.4 Å². The second-order valence-electron chi connectivity index (χ2n) is 5.14. The van der Waals surface area contributed by atoms with Crippen LogP contribution in [0.3, 0.4) is 0 Å². The molecule has 1 aromatic rings. The molecule has 20 heavy (non-hydrogen) atoms. The van der Waals surface area contributed by atoms with Crippen molar-refractivity contribution in [3.05, 3.63) is 24.3 Å². The first-order valence-corrected chi connectivity index (χ1v) is 7.07. The highest BCUT2D eigenvalue weighted by molar-refractivity contribution is 5.83. The van der Waals surface area contributed by atoms with E-state index in [1.807, 2.05) is 19.1 Å². The second-order valence-corrected chi connectivity index (χ2v) is 5.14. The van der Waals surface area contributed by atoms with Crippen molar-refractivity contribution < 1.29 is 9.53 Å². The van der Waals surface area contributed by atoms with E-state index >= 15 is 0 Å². The SMILES string of the molecule is COCC(C)NC(=O)CN1CCCNc2ccccc21. The lowest BCUT2D eigenvalue weighted by atomic mass is 10.2. The lowest BCUT2D eigenvalue weighted by Gasteiger charge is -2.24. The largest absolute Gasteiger partial charge is 0.383 e. The van der Waals surface area contributed by atoms with Crippen LogP contribution in [0.1, 0.15) is 13.3 Å². The van der Waals surface area contributed by atoms with Crippen LogP contribution in [0, 0.1) is 0 Å². The molecule has 1 unspecified atom stereocenters. The Hall–Kier alpha value is -1.75. The fraction of sp³-hybridized carbons (Fsp3) is 0.533. The number of benzene rings is 1. The Morgan fingerprint density at radius 3 is 3.10 bits per heavy atom. The number of fused-ring (bicyclic) bond motifs is 1. The fourth-order valence-corrected chi connectivity index (χ4v) is 2.46. The maximum absolute atomic E-state index is 12.1. The fourth-order valence-electron chi connectivity index (χ4n) is 2.46. The second kappa shape index (κ2) is 7.14. The van der Waals surface area contributed by atoms with Gasteiger partial charge in [0.05, 0.1) is 24.5 Å². The summed E-state index contributed by atoms with van der Waals surface area (Å²) in [5.74, 6) is 0.0336. The number of rotatable bonds is 5. The molecule has 1 amide bonds. The molecule has 1 aliphatic rings. The number of methoxy groups -OCH3 is 1. The van der Waals surface area contributed by atoms with E-state index in [1.165, 1.54) is 0 Å². The summed E-state index contributed by atoms with van der Waals surface area (Å²) < 4.78 is 5.03. The number of hydrogen-bond acceptors (Lipinski definition) is 4. The topological polar surface area (TPSA) is 53.6 Å². The number of para-hydroxylation sites is 2. The van der Waals surface area contributed by atoms with Gasteiger partial charge in [0.15, 0.2) is 0 Å². The van der Waals surface area contributed by atoms with Gasteiger partial charge in [-0.1, -0.05) is 12.1 Å². The van der Waals surface area contributed by atoms with E-state index in [1.54, 1.807) is 7.11 Å². The van der Waals surface area contributed by atoms with E-state index in [0.29, 0.717) is 13.2 Å². The van der Waals surface area contributed by atoms with E-state index in [2.05, 4.69) is 27.7 Å². The van der Waals surface area contributed by atoms with Crippen molar-refractivity contribution >= 4 is 17.3 Å². The summed E-state index contributed by atoms with van der Waals surface area (Å²) in [7, 11) is 1.64. The first-order chi connectivity index (χ1) is 9.70. The van der Waals surface area contributed by atoms with E-state index in [9.17, 15) is 4.79 Å². The van der Waals surface area contributed by atoms with Crippen molar-refractivity contribution in [3.8, 4) is 0 Å². The summed E-state index contributed by atoms with van der Waals surface area (Å²) in [5.41, 5.74) is 2.20. The zero-order chi connectivity index (χ0) is 14.4. The van der Waals surface area contributed by atoms with Crippen molar-refractivity contribution in [3.63, 3.8) is 0 Å². The Kier molecular flexibility index (Phi) is 5.24. The molecular formula is C15H23N3O2. The van der Waals surface area contributed by atoms with Gasteiger partial charge in [-0.15, -0.1) is 0 Å². The Labute approximate surface area is 120 Å². The van der Waals surface area contributed by atoms with Gasteiger partial charge in [-0.3, -0.25) is 4.79 Å².